The Morgan fingerprint density at radius 3 is 2.29 bits per heavy atom. The van der Waals surface area contributed by atoms with Crippen LogP contribution >= 0.6 is 11.6 Å². The van der Waals surface area contributed by atoms with Crippen LogP contribution in [0.2, 0.25) is 5.02 Å². The maximum Gasteiger partial charge on any atom is 0.254 e. The zero-order valence-corrected chi connectivity index (χ0v) is 27.8. The van der Waals surface area contributed by atoms with Crippen LogP contribution in [0.25, 0.3) is 55.7 Å². The minimum atomic E-state index is -0.362. The van der Waals surface area contributed by atoms with Crippen molar-refractivity contribution < 1.29 is 9.18 Å². The minimum Gasteiger partial charge on any atom is -0.336 e. The molecule has 1 saturated carbocycles. The molecule has 8 rings (SSSR count). The Morgan fingerprint density at radius 2 is 1.52 bits per heavy atom. The summed E-state index contributed by atoms with van der Waals surface area (Å²) >= 11 is 6.15. The van der Waals surface area contributed by atoms with Crippen molar-refractivity contribution in [1.29, 1.82) is 0 Å². The van der Waals surface area contributed by atoms with Gasteiger partial charge < -0.3 is 14.4 Å². The molecule has 3 heterocycles. The highest BCUT2D eigenvalue weighted by atomic mass is 35.5. The van der Waals surface area contributed by atoms with E-state index >= 15 is 4.39 Å². The molecule has 0 spiro atoms. The molecule has 2 aromatic heterocycles. The Labute approximate surface area is 284 Å². The third kappa shape index (κ3) is 5.75. The number of hydrogen-bond donors (Lipinski definition) is 0. The van der Waals surface area contributed by atoms with Crippen molar-refractivity contribution in [3.05, 3.63) is 107 Å². The van der Waals surface area contributed by atoms with E-state index in [1.807, 2.05) is 83.8 Å². The summed E-state index contributed by atoms with van der Waals surface area (Å²) in [6.45, 7) is 3.14. The number of fused-ring (bicyclic) bond motifs is 2. The predicted octanol–water partition coefficient (Wildman–Crippen LogP) is 9.27. The summed E-state index contributed by atoms with van der Waals surface area (Å²) in [5, 5.41) is 1.52. The number of benzene rings is 4. The third-order valence-electron chi connectivity index (χ3n) is 10.0. The first-order valence-corrected chi connectivity index (χ1v) is 17.3. The second-order valence-electron chi connectivity index (χ2n) is 13.2. The Bertz CT molecular complexity index is 2150. The van der Waals surface area contributed by atoms with Gasteiger partial charge in [-0.25, -0.2) is 14.4 Å². The Kier molecular flexibility index (Phi) is 8.19. The topological polar surface area (TPSA) is 54.3 Å². The SMILES string of the molecule is CN1CCN(C(=O)c2ccc3c(c2)nc(-c2cc4ccc(-c5ccccc5-c5ccc(Cl)cc5)nc4cc2F)n3C2CCCCC2)CC1. The summed E-state index contributed by atoms with van der Waals surface area (Å²) in [7, 11) is 2.08. The molecule has 242 valence electrons. The van der Waals surface area contributed by atoms with Gasteiger partial charge in [-0.05, 0) is 73.5 Å². The number of rotatable bonds is 5. The zero-order valence-electron chi connectivity index (χ0n) is 27.0. The average molecular weight is 658 g/mol. The van der Waals surface area contributed by atoms with Crippen LogP contribution in [0, 0.1) is 5.82 Å². The van der Waals surface area contributed by atoms with E-state index in [4.69, 9.17) is 21.6 Å². The zero-order chi connectivity index (χ0) is 32.8. The number of pyridine rings is 1. The second-order valence-corrected chi connectivity index (χ2v) is 13.6. The van der Waals surface area contributed by atoms with Crippen molar-refractivity contribution in [1.82, 2.24) is 24.3 Å². The van der Waals surface area contributed by atoms with Gasteiger partial charge in [-0.15, -0.1) is 0 Å². The third-order valence-corrected chi connectivity index (χ3v) is 10.3. The van der Waals surface area contributed by atoms with Crippen molar-refractivity contribution in [3.8, 4) is 33.8 Å². The lowest BCUT2D eigenvalue weighted by Gasteiger charge is -2.32. The van der Waals surface area contributed by atoms with Gasteiger partial charge in [-0.1, -0.05) is 73.3 Å². The number of halogens is 2. The number of carbonyl (C=O) groups is 1. The highest BCUT2D eigenvalue weighted by Crippen LogP contribution is 2.39. The first kappa shape index (κ1) is 30.7. The van der Waals surface area contributed by atoms with Crippen molar-refractivity contribution >= 4 is 39.4 Å². The largest absolute Gasteiger partial charge is 0.336 e. The number of piperazine rings is 1. The number of aromatic nitrogens is 3. The van der Waals surface area contributed by atoms with Crippen LogP contribution in [0.4, 0.5) is 4.39 Å². The van der Waals surface area contributed by atoms with E-state index in [-0.39, 0.29) is 17.8 Å². The maximum atomic E-state index is 16.3. The maximum absolute atomic E-state index is 16.3. The average Bonchev–Trinajstić information content (AvgIpc) is 3.50. The van der Waals surface area contributed by atoms with Crippen molar-refractivity contribution in [2.45, 2.75) is 38.1 Å². The quantitative estimate of drug-likeness (QED) is 0.185. The van der Waals surface area contributed by atoms with E-state index in [0.717, 1.165) is 77.6 Å². The number of carbonyl (C=O) groups excluding carboxylic acids is 1. The van der Waals surface area contributed by atoms with E-state index in [9.17, 15) is 4.79 Å². The molecule has 2 fully saturated rings. The predicted molar refractivity (Wildman–Crippen MR) is 192 cm³/mol. The molecule has 4 aromatic carbocycles. The fourth-order valence-electron chi connectivity index (χ4n) is 7.38. The monoisotopic (exact) mass is 657 g/mol. The fraction of sp³-hybridized carbons (Fsp3) is 0.275. The lowest BCUT2D eigenvalue weighted by atomic mass is 9.94. The highest BCUT2D eigenvalue weighted by Gasteiger charge is 2.26. The number of likely N-dealkylation sites (N-methyl/N-ethyl adjacent to an activating group) is 1. The molecule has 1 amide bonds. The van der Waals surface area contributed by atoms with Crippen LogP contribution in [-0.2, 0) is 0 Å². The van der Waals surface area contributed by atoms with Crippen LogP contribution in [0.5, 0.6) is 0 Å². The smallest absolute Gasteiger partial charge is 0.254 e. The molecule has 6 nitrogen and oxygen atoms in total. The molecule has 0 bridgehead atoms. The fourth-order valence-corrected chi connectivity index (χ4v) is 7.50. The van der Waals surface area contributed by atoms with E-state index < -0.39 is 0 Å². The molecular weight excluding hydrogens is 621 g/mol. The minimum absolute atomic E-state index is 0.0233. The molecule has 0 radical (unpaired) electrons. The van der Waals surface area contributed by atoms with Gasteiger partial charge in [-0.2, -0.15) is 0 Å². The van der Waals surface area contributed by atoms with E-state index in [1.54, 1.807) is 0 Å². The number of imidazole rings is 1. The Balaban J connectivity index is 1.20. The number of nitrogens with zero attached hydrogens (tertiary/aromatic N) is 5. The van der Waals surface area contributed by atoms with Crippen LogP contribution < -0.4 is 0 Å². The first-order valence-electron chi connectivity index (χ1n) is 16.9. The summed E-state index contributed by atoms with van der Waals surface area (Å²) < 4.78 is 18.5. The summed E-state index contributed by atoms with van der Waals surface area (Å²) in [4.78, 5) is 27.6. The summed E-state index contributed by atoms with van der Waals surface area (Å²) in [6, 6.07) is 29.3. The molecule has 1 aliphatic carbocycles. The van der Waals surface area contributed by atoms with Gasteiger partial charge in [-0.3, -0.25) is 4.79 Å². The summed E-state index contributed by atoms with van der Waals surface area (Å²) in [5.41, 5.74) is 7.13. The molecule has 0 unspecified atom stereocenters. The normalized spacial score (nSPS) is 16.2. The lowest BCUT2D eigenvalue weighted by molar-refractivity contribution is 0.0664. The van der Waals surface area contributed by atoms with Gasteiger partial charge in [0.15, 0.2) is 0 Å². The summed E-state index contributed by atoms with van der Waals surface area (Å²) in [6.07, 6.45) is 5.52. The van der Waals surface area contributed by atoms with Gasteiger partial charge in [0.2, 0.25) is 0 Å². The molecule has 0 N–H and O–H groups in total. The number of hydrogen-bond acceptors (Lipinski definition) is 4. The molecule has 1 saturated heterocycles. The van der Waals surface area contributed by atoms with Crippen LogP contribution in [0.15, 0.2) is 91.0 Å². The molecule has 48 heavy (non-hydrogen) atoms. The van der Waals surface area contributed by atoms with E-state index in [0.29, 0.717) is 40.6 Å². The van der Waals surface area contributed by atoms with E-state index in [2.05, 4.69) is 22.6 Å². The van der Waals surface area contributed by atoms with Crippen molar-refractivity contribution in [3.63, 3.8) is 0 Å². The van der Waals surface area contributed by atoms with Crippen molar-refractivity contribution in [2.75, 3.05) is 33.2 Å². The van der Waals surface area contributed by atoms with Crippen LogP contribution in [0.1, 0.15) is 48.5 Å². The molecular formula is C40H37ClFN5O. The molecule has 8 heteroatoms. The van der Waals surface area contributed by atoms with Crippen LogP contribution in [0.3, 0.4) is 0 Å². The standard InChI is InChI=1S/C40H37ClFN5O/c1-45-19-21-46(22-20-45)40(48)28-14-18-38-37(24-28)44-39(47(38)30-7-3-2-4-8-30)33-23-27-13-17-35(43-36(27)25-34(33)42)32-10-6-5-9-31(32)26-11-15-29(41)16-12-26/h5-6,9-18,23-25,30H,2-4,7-8,19-22H2,1H3. The molecule has 0 atom stereocenters. The first-order chi connectivity index (χ1) is 23.4. The number of amides is 1. The van der Waals surface area contributed by atoms with Gasteiger partial charge in [0.05, 0.1) is 27.8 Å². The lowest BCUT2D eigenvalue weighted by Crippen LogP contribution is -2.47. The van der Waals surface area contributed by atoms with Gasteiger partial charge in [0, 0.05) is 59.8 Å². The second kappa shape index (κ2) is 12.8. The molecule has 6 aromatic rings. The van der Waals surface area contributed by atoms with E-state index in [1.165, 1.54) is 12.5 Å². The highest BCUT2D eigenvalue weighted by molar-refractivity contribution is 6.30. The van der Waals surface area contributed by atoms with Gasteiger partial charge >= 0.3 is 0 Å². The van der Waals surface area contributed by atoms with Gasteiger partial charge in [0.25, 0.3) is 5.91 Å². The molecule has 1 aliphatic heterocycles. The summed E-state index contributed by atoms with van der Waals surface area (Å²) in [5.74, 6) is 0.270. The Morgan fingerprint density at radius 1 is 0.771 bits per heavy atom. The molecule has 2 aliphatic rings. The van der Waals surface area contributed by atoms with Gasteiger partial charge in [0.1, 0.15) is 11.6 Å². The van der Waals surface area contributed by atoms with Crippen molar-refractivity contribution in [2.24, 2.45) is 0 Å². The van der Waals surface area contributed by atoms with Crippen LogP contribution in [-0.4, -0.2) is 63.5 Å². The Hall–Kier alpha value is -4.59.